The summed E-state index contributed by atoms with van der Waals surface area (Å²) < 4.78 is 10.7. The fourth-order valence-corrected chi connectivity index (χ4v) is 2.10. The van der Waals surface area contributed by atoms with Crippen molar-refractivity contribution >= 4 is 0 Å². The van der Waals surface area contributed by atoms with Crippen molar-refractivity contribution in [3.63, 3.8) is 0 Å². The third-order valence-corrected chi connectivity index (χ3v) is 3.17. The minimum Gasteiger partial charge on any atom is -0.486 e. The summed E-state index contributed by atoms with van der Waals surface area (Å²) in [5.41, 5.74) is 8.38. The van der Waals surface area contributed by atoms with Gasteiger partial charge in [0.15, 0.2) is 0 Å². The van der Waals surface area contributed by atoms with Crippen LogP contribution in [0.2, 0.25) is 0 Å². The number of hydrogen-bond donors (Lipinski definition) is 2. The number of nitrogens with two attached hydrogens (primary N) is 1. The van der Waals surface area contributed by atoms with Crippen LogP contribution in [0.3, 0.4) is 0 Å². The van der Waals surface area contributed by atoms with Gasteiger partial charge in [-0.1, -0.05) is 19.9 Å². The van der Waals surface area contributed by atoms with E-state index in [0.29, 0.717) is 12.5 Å². The summed E-state index contributed by atoms with van der Waals surface area (Å²) in [4.78, 5) is 0. The molecule has 0 aromatic heterocycles. The predicted molar refractivity (Wildman–Crippen MR) is 76.6 cm³/mol. The van der Waals surface area contributed by atoms with Gasteiger partial charge in [0.1, 0.15) is 11.9 Å². The van der Waals surface area contributed by atoms with Gasteiger partial charge in [0, 0.05) is 7.11 Å². The van der Waals surface area contributed by atoms with Crippen molar-refractivity contribution in [3.05, 3.63) is 29.3 Å². The Hall–Kier alpha value is -1.10. The van der Waals surface area contributed by atoms with E-state index in [1.54, 1.807) is 7.11 Å². The van der Waals surface area contributed by atoms with Crippen LogP contribution in [0.15, 0.2) is 18.2 Å². The number of benzene rings is 1. The lowest BCUT2D eigenvalue weighted by atomic mass is 9.98. The van der Waals surface area contributed by atoms with E-state index in [1.807, 2.05) is 12.1 Å². The predicted octanol–water partition coefficient (Wildman–Crippen LogP) is 1.83. The molecule has 2 atom stereocenters. The van der Waals surface area contributed by atoms with Gasteiger partial charge in [-0.05, 0) is 36.1 Å². The summed E-state index contributed by atoms with van der Waals surface area (Å²) in [7, 11) is 1.58. The maximum atomic E-state index is 9.34. The molecule has 0 saturated carbocycles. The zero-order chi connectivity index (χ0) is 14.4. The van der Waals surface area contributed by atoms with Gasteiger partial charge in [0.2, 0.25) is 0 Å². The van der Waals surface area contributed by atoms with Gasteiger partial charge in [0.25, 0.3) is 0 Å². The lowest BCUT2D eigenvalue weighted by Crippen LogP contribution is -2.44. The molecule has 0 aliphatic heterocycles. The molecule has 2 unspecified atom stereocenters. The van der Waals surface area contributed by atoms with Crippen molar-refractivity contribution in [3.8, 4) is 5.75 Å². The minimum atomic E-state index is -0.454. The smallest absolute Gasteiger partial charge is 0.139 e. The summed E-state index contributed by atoms with van der Waals surface area (Å²) in [5.74, 6) is 1.21. The molecule has 0 saturated heterocycles. The largest absolute Gasteiger partial charge is 0.486 e. The average Bonchev–Trinajstić information content (AvgIpc) is 2.35. The number of aryl methyl sites for hydroxylation is 1. The van der Waals surface area contributed by atoms with Crippen LogP contribution in [-0.2, 0) is 4.74 Å². The molecule has 4 nitrogen and oxygen atoms in total. The van der Waals surface area contributed by atoms with Crippen molar-refractivity contribution in [1.29, 1.82) is 0 Å². The summed E-state index contributed by atoms with van der Waals surface area (Å²) >= 11 is 0. The van der Waals surface area contributed by atoms with Crippen molar-refractivity contribution in [2.75, 3.05) is 20.3 Å². The Bertz CT molecular complexity index is 393. The normalized spacial score (nSPS) is 14.5. The molecule has 1 aromatic carbocycles. The molecule has 0 amide bonds. The van der Waals surface area contributed by atoms with E-state index in [4.69, 9.17) is 15.2 Å². The van der Waals surface area contributed by atoms with Gasteiger partial charge in [-0.25, -0.2) is 0 Å². The van der Waals surface area contributed by atoms with Gasteiger partial charge in [-0.2, -0.15) is 0 Å². The molecule has 1 rings (SSSR count). The number of methoxy groups -OCH3 is 1. The van der Waals surface area contributed by atoms with Crippen LogP contribution >= 0.6 is 0 Å². The topological polar surface area (TPSA) is 64.7 Å². The number of aliphatic hydroxyl groups excluding tert-OH is 1. The van der Waals surface area contributed by atoms with Crippen molar-refractivity contribution in [2.45, 2.75) is 38.8 Å². The Balaban J connectivity index is 2.78. The molecule has 0 heterocycles. The highest BCUT2D eigenvalue weighted by Gasteiger charge is 2.19. The van der Waals surface area contributed by atoms with Crippen LogP contribution in [0.4, 0.5) is 0 Å². The third-order valence-electron chi connectivity index (χ3n) is 3.17. The Morgan fingerprint density at radius 1 is 1.32 bits per heavy atom. The molecular formula is C15H25NO3. The van der Waals surface area contributed by atoms with E-state index in [-0.39, 0.29) is 12.6 Å². The Morgan fingerprint density at radius 2 is 2.00 bits per heavy atom. The molecule has 0 aliphatic rings. The number of aliphatic hydroxyl groups is 1. The van der Waals surface area contributed by atoms with Crippen LogP contribution in [-0.4, -0.2) is 37.6 Å². The van der Waals surface area contributed by atoms with Gasteiger partial charge in [-0.15, -0.1) is 0 Å². The second-order valence-corrected chi connectivity index (χ2v) is 5.13. The van der Waals surface area contributed by atoms with Crippen molar-refractivity contribution in [1.82, 2.24) is 0 Å². The summed E-state index contributed by atoms with van der Waals surface area (Å²) in [5, 5.41) is 9.34. The number of rotatable bonds is 7. The maximum absolute atomic E-state index is 9.34. The van der Waals surface area contributed by atoms with E-state index in [9.17, 15) is 5.11 Å². The quantitative estimate of drug-likeness (QED) is 0.791. The molecular weight excluding hydrogens is 242 g/mol. The molecule has 0 radical (unpaired) electrons. The van der Waals surface area contributed by atoms with Gasteiger partial charge >= 0.3 is 0 Å². The standard InChI is InChI=1S/C15H25NO3/c1-10(2)13-6-5-12(7-11(13)3)19-15(8-17)14(16)9-18-4/h5-7,10,14-15,17H,8-9,16H2,1-4H3. The first kappa shape index (κ1) is 16.0. The van der Waals surface area contributed by atoms with E-state index < -0.39 is 6.10 Å². The second kappa shape index (κ2) is 7.48. The third kappa shape index (κ3) is 4.49. The van der Waals surface area contributed by atoms with Crippen LogP contribution in [0.25, 0.3) is 0 Å². The maximum Gasteiger partial charge on any atom is 0.139 e. The molecule has 4 heteroatoms. The van der Waals surface area contributed by atoms with Gasteiger partial charge in [-0.3, -0.25) is 0 Å². The van der Waals surface area contributed by atoms with Crippen LogP contribution in [0, 0.1) is 6.92 Å². The van der Waals surface area contributed by atoms with Crippen LogP contribution in [0.1, 0.15) is 30.9 Å². The zero-order valence-corrected chi connectivity index (χ0v) is 12.2. The number of hydrogen-bond acceptors (Lipinski definition) is 4. The van der Waals surface area contributed by atoms with Crippen molar-refractivity contribution in [2.24, 2.45) is 5.73 Å². The lowest BCUT2D eigenvalue weighted by Gasteiger charge is -2.23. The van der Waals surface area contributed by atoms with Gasteiger partial charge < -0.3 is 20.3 Å². The molecule has 1 aromatic rings. The Kier molecular flexibility index (Phi) is 6.28. The first-order valence-corrected chi connectivity index (χ1v) is 6.62. The minimum absolute atomic E-state index is 0.129. The SMILES string of the molecule is COCC(N)C(CO)Oc1ccc(C(C)C)c(C)c1. The monoisotopic (exact) mass is 267 g/mol. The average molecular weight is 267 g/mol. The summed E-state index contributed by atoms with van der Waals surface area (Å²) in [6, 6.07) is 5.62. The highest BCUT2D eigenvalue weighted by Crippen LogP contribution is 2.24. The van der Waals surface area contributed by atoms with Crippen molar-refractivity contribution < 1.29 is 14.6 Å². The molecule has 19 heavy (non-hydrogen) atoms. The zero-order valence-electron chi connectivity index (χ0n) is 12.2. The van der Waals surface area contributed by atoms with Gasteiger partial charge in [0.05, 0.1) is 19.3 Å². The van der Waals surface area contributed by atoms with E-state index >= 15 is 0 Å². The van der Waals surface area contributed by atoms with E-state index in [1.165, 1.54) is 11.1 Å². The fourth-order valence-electron chi connectivity index (χ4n) is 2.10. The second-order valence-electron chi connectivity index (χ2n) is 5.13. The Labute approximate surface area is 115 Å². The first-order chi connectivity index (χ1) is 8.99. The lowest BCUT2D eigenvalue weighted by molar-refractivity contribution is 0.0604. The summed E-state index contributed by atoms with van der Waals surface area (Å²) in [6.07, 6.45) is -0.454. The Morgan fingerprint density at radius 3 is 2.47 bits per heavy atom. The fraction of sp³-hybridized carbons (Fsp3) is 0.600. The summed E-state index contributed by atoms with van der Waals surface area (Å²) in [6.45, 7) is 6.61. The highest BCUT2D eigenvalue weighted by molar-refractivity contribution is 5.36. The highest BCUT2D eigenvalue weighted by atomic mass is 16.5. The molecule has 0 aliphatic carbocycles. The molecule has 0 bridgehead atoms. The number of ether oxygens (including phenoxy) is 2. The first-order valence-electron chi connectivity index (χ1n) is 6.62. The molecule has 3 N–H and O–H groups in total. The molecule has 108 valence electrons. The molecule has 0 spiro atoms. The molecule has 0 fully saturated rings. The van der Waals surface area contributed by atoms with Crippen LogP contribution in [0.5, 0.6) is 5.75 Å². The van der Waals surface area contributed by atoms with E-state index in [0.717, 1.165) is 5.75 Å². The van der Waals surface area contributed by atoms with E-state index in [2.05, 4.69) is 26.8 Å². The van der Waals surface area contributed by atoms with Crippen LogP contribution < -0.4 is 10.5 Å².